The van der Waals surface area contributed by atoms with Crippen LogP contribution in [-0.2, 0) is 6.42 Å². The summed E-state index contributed by atoms with van der Waals surface area (Å²) >= 11 is 1.71. The van der Waals surface area contributed by atoms with Gasteiger partial charge in [0.2, 0.25) is 0 Å². The lowest BCUT2D eigenvalue weighted by Crippen LogP contribution is -2.03. The maximum atomic E-state index is 5.53. The van der Waals surface area contributed by atoms with Crippen molar-refractivity contribution in [1.29, 1.82) is 0 Å². The van der Waals surface area contributed by atoms with Crippen LogP contribution in [0.25, 0.3) is 10.6 Å². The van der Waals surface area contributed by atoms with E-state index in [0.29, 0.717) is 6.54 Å². The van der Waals surface area contributed by atoms with E-state index in [1.165, 1.54) is 4.88 Å². The molecule has 0 unspecified atom stereocenters. The summed E-state index contributed by atoms with van der Waals surface area (Å²) in [4.78, 5) is 9.83. The van der Waals surface area contributed by atoms with E-state index in [9.17, 15) is 0 Å². The molecule has 4 heteroatoms. The van der Waals surface area contributed by atoms with Crippen molar-refractivity contribution in [1.82, 2.24) is 9.97 Å². The zero-order valence-corrected chi connectivity index (χ0v) is 9.42. The predicted molar refractivity (Wildman–Crippen MR) is 62.8 cm³/mol. The normalized spacial score (nSPS) is 10.5. The summed E-state index contributed by atoms with van der Waals surface area (Å²) in [7, 11) is 0. The van der Waals surface area contributed by atoms with Crippen LogP contribution in [0, 0.1) is 6.92 Å². The van der Waals surface area contributed by atoms with Gasteiger partial charge in [-0.05, 0) is 25.6 Å². The van der Waals surface area contributed by atoms with Gasteiger partial charge in [-0.15, -0.1) is 11.3 Å². The van der Waals surface area contributed by atoms with Crippen molar-refractivity contribution in [2.75, 3.05) is 6.54 Å². The van der Waals surface area contributed by atoms with Gasteiger partial charge in [-0.2, -0.15) is 0 Å². The molecule has 0 fully saturated rings. The van der Waals surface area contributed by atoms with E-state index in [0.717, 1.165) is 22.7 Å². The molecule has 2 rings (SSSR count). The van der Waals surface area contributed by atoms with Crippen LogP contribution in [0.5, 0.6) is 0 Å². The topological polar surface area (TPSA) is 51.8 Å². The molecule has 2 aromatic heterocycles. The Morgan fingerprint density at radius 2 is 2.07 bits per heavy atom. The number of nitrogens with zero attached hydrogens (tertiary/aromatic N) is 2. The van der Waals surface area contributed by atoms with Crippen LogP contribution in [0.2, 0.25) is 0 Å². The van der Waals surface area contributed by atoms with Gasteiger partial charge >= 0.3 is 0 Å². The molecule has 0 aliphatic rings. The third-order valence-corrected chi connectivity index (χ3v) is 3.26. The van der Waals surface area contributed by atoms with Crippen molar-refractivity contribution < 1.29 is 0 Å². The summed E-state index contributed by atoms with van der Waals surface area (Å²) in [6.45, 7) is 2.74. The van der Waals surface area contributed by atoms with E-state index in [1.54, 1.807) is 23.7 Å². The summed E-state index contributed by atoms with van der Waals surface area (Å²) in [5, 5.41) is 1.05. The maximum Gasteiger partial charge on any atom is 0.123 e. The Morgan fingerprint density at radius 3 is 2.73 bits per heavy atom. The van der Waals surface area contributed by atoms with Gasteiger partial charge in [0.1, 0.15) is 5.01 Å². The van der Waals surface area contributed by atoms with Crippen molar-refractivity contribution in [2.24, 2.45) is 5.73 Å². The minimum Gasteiger partial charge on any atom is -0.330 e. The number of rotatable bonds is 3. The van der Waals surface area contributed by atoms with Gasteiger partial charge in [-0.3, -0.25) is 4.98 Å². The van der Waals surface area contributed by atoms with Crippen LogP contribution in [0.15, 0.2) is 24.5 Å². The van der Waals surface area contributed by atoms with E-state index in [-0.39, 0.29) is 0 Å². The van der Waals surface area contributed by atoms with Gasteiger partial charge in [0.05, 0.1) is 5.69 Å². The van der Waals surface area contributed by atoms with Gasteiger partial charge in [-0.1, -0.05) is 0 Å². The summed E-state index contributed by atoms with van der Waals surface area (Å²) < 4.78 is 0. The Hall–Kier alpha value is -1.26. The molecular formula is C11H13N3S. The molecule has 2 N–H and O–H groups in total. The molecule has 0 saturated heterocycles. The molecule has 0 aromatic carbocycles. The predicted octanol–water partition coefficient (Wildman–Crippen LogP) is 2.01. The number of aromatic nitrogens is 2. The molecule has 0 amide bonds. The first-order valence-electron chi connectivity index (χ1n) is 4.88. The minimum absolute atomic E-state index is 0.653. The SMILES string of the molecule is Cc1sc(-c2ccncc2)nc1CCN. The van der Waals surface area contributed by atoms with Crippen molar-refractivity contribution in [3.05, 3.63) is 35.1 Å². The first kappa shape index (κ1) is 10.3. The molecule has 2 heterocycles. The lowest BCUT2D eigenvalue weighted by molar-refractivity contribution is 0.927. The zero-order valence-electron chi connectivity index (χ0n) is 8.60. The average Bonchev–Trinajstić information content (AvgIpc) is 2.63. The van der Waals surface area contributed by atoms with Gasteiger partial charge in [0.15, 0.2) is 0 Å². The first-order valence-corrected chi connectivity index (χ1v) is 5.69. The standard InChI is InChI=1S/C11H13N3S/c1-8-10(2-5-12)14-11(15-8)9-3-6-13-7-4-9/h3-4,6-7H,2,5,12H2,1H3. The molecule has 0 radical (unpaired) electrons. The second kappa shape index (κ2) is 4.51. The zero-order chi connectivity index (χ0) is 10.7. The lowest BCUT2D eigenvalue weighted by atomic mass is 10.2. The maximum absolute atomic E-state index is 5.53. The number of aryl methyl sites for hydroxylation is 1. The van der Waals surface area contributed by atoms with Crippen molar-refractivity contribution >= 4 is 11.3 Å². The van der Waals surface area contributed by atoms with E-state index in [4.69, 9.17) is 5.73 Å². The molecule has 0 atom stereocenters. The number of thiazole rings is 1. The molecule has 78 valence electrons. The molecule has 0 aliphatic carbocycles. The molecule has 3 nitrogen and oxygen atoms in total. The minimum atomic E-state index is 0.653. The van der Waals surface area contributed by atoms with Crippen LogP contribution >= 0.6 is 11.3 Å². The summed E-state index contributed by atoms with van der Waals surface area (Å²) in [5.41, 5.74) is 7.78. The quantitative estimate of drug-likeness (QED) is 0.859. The van der Waals surface area contributed by atoms with Gasteiger partial charge in [0.25, 0.3) is 0 Å². The number of hydrogen-bond donors (Lipinski definition) is 1. The molecule has 0 bridgehead atoms. The summed E-state index contributed by atoms with van der Waals surface area (Å²) in [5.74, 6) is 0. The fourth-order valence-corrected chi connectivity index (χ4v) is 2.38. The molecular weight excluding hydrogens is 206 g/mol. The monoisotopic (exact) mass is 219 g/mol. The fraction of sp³-hybridized carbons (Fsp3) is 0.273. The Balaban J connectivity index is 2.34. The number of pyridine rings is 1. The van der Waals surface area contributed by atoms with E-state index in [1.807, 2.05) is 12.1 Å². The van der Waals surface area contributed by atoms with E-state index in [2.05, 4.69) is 16.9 Å². The van der Waals surface area contributed by atoms with Crippen molar-refractivity contribution in [3.63, 3.8) is 0 Å². The molecule has 15 heavy (non-hydrogen) atoms. The summed E-state index contributed by atoms with van der Waals surface area (Å²) in [6, 6.07) is 3.95. The van der Waals surface area contributed by atoms with Gasteiger partial charge in [0, 0.05) is 29.3 Å². The summed E-state index contributed by atoms with van der Waals surface area (Å²) in [6.07, 6.45) is 4.43. The van der Waals surface area contributed by atoms with E-state index >= 15 is 0 Å². The highest BCUT2D eigenvalue weighted by atomic mass is 32.1. The Morgan fingerprint density at radius 1 is 1.33 bits per heavy atom. The fourth-order valence-electron chi connectivity index (χ4n) is 1.41. The Bertz CT molecular complexity index is 436. The second-order valence-corrected chi connectivity index (χ2v) is 4.50. The number of hydrogen-bond acceptors (Lipinski definition) is 4. The third kappa shape index (κ3) is 2.22. The molecule has 0 saturated carbocycles. The Kier molecular flexibility index (Phi) is 3.08. The van der Waals surface area contributed by atoms with Crippen LogP contribution < -0.4 is 5.73 Å². The van der Waals surface area contributed by atoms with Crippen LogP contribution in [0.4, 0.5) is 0 Å². The highest BCUT2D eigenvalue weighted by Crippen LogP contribution is 2.27. The molecule has 2 aromatic rings. The van der Waals surface area contributed by atoms with E-state index < -0.39 is 0 Å². The number of nitrogens with two attached hydrogens (primary N) is 1. The second-order valence-electron chi connectivity index (χ2n) is 3.30. The van der Waals surface area contributed by atoms with Gasteiger partial charge < -0.3 is 5.73 Å². The molecule has 0 spiro atoms. The highest BCUT2D eigenvalue weighted by Gasteiger charge is 2.07. The Labute approximate surface area is 93.0 Å². The van der Waals surface area contributed by atoms with Crippen LogP contribution in [0.3, 0.4) is 0 Å². The third-order valence-electron chi connectivity index (χ3n) is 2.20. The lowest BCUT2D eigenvalue weighted by Gasteiger charge is -1.93. The van der Waals surface area contributed by atoms with Crippen molar-refractivity contribution in [3.8, 4) is 10.6 Å². The average molecular weight is 219 g/mol. The molecule has 0 aliphatic heterocycles. The first-order chi connectivity index (χ1) is 7.31. The van der Waals surface area contributed by atoms with Crippen molar-refractivity contribution in [2.45, 2.75) is 13.3 Å². The largest absolute Gasteiger partial charge is 0.330 e. The van der Waals surface area contributed by atoms with Crippen LogP contribution in [-0.4, -0.2) is 16.5 Å². The van der Waals surface area contributed by atoms with Crippen LogP contribution in [0.1, 0.15) is 10.6 Å². The highest BCUT2D eigenvalue weighted by molar-refractivity contribution is 7.15. The van der Waals surface area contributed by atoms with Gasteiger partial charge in [-0.25, -0.2) is 4.98 Å². The smallest absolute Gasteiger partial charge is 0.123 e.